The predicted molar refractivity (Wildman–Crippen MR) is 184 cm³/mol. The number of fused-ring (bicyclic) bond motifs is 5. The van der Waals surface area contributed by atoms with Crippen LogP contribution in [0, 0.1) is 0 Å². The fourth-order valence-electron chi connectivity index (χ4n) is 6.24. The van der Waals surface area contributed by atoms with E-state index in [1.807, 2.05) is 36.4 Å². The molecule has 0 atom stereocenters. The first-order chi connectivity index (χ1) is 22.3. The maximum atomic E-state index is 6.22. The smallest absolute Gasteiger partial charge is 0.164 e. The van der Waals surface area contributed by atoms with E-state index in [0.29, 0.717) is 17.5 Å². The summed E-state index contributed by atoms with van der Waals surface area (Å²) in [6.07, 6.45) is 0. The molecule has 2 heterocycles. The first kappa shape index (κ1) is 25.4. The summed E-state index contributed by atoms with van der Waals surface area (Å²) >= 11 is 0. The molecule has 0 saturated heterocycles. The van der Waals surface area contributed by atoms with Crippen molar-refractivity contribution in [2.24, 2.45) is 0 Å². The van der Waals surface area contributed by atoms with Gasteiger partial charge in [-0.2, -0.15) is 0 Å². The summed E-state index contributed by atoms with van der Waals surface area (Å²) in [5.41, 5.74) is 6.79. The normalized spacial score (nSPS) is 11.6. The SMILES string of the molecule is c1ccc(-c2ccc3ccc(-c4nc(-c5ccc6ccccc6c5)nc(-c5cccc6oc7ccccc7c56)n4)cc3c2)cc1. The molecule has 0 aliphatic rings. The minimum absolute atomic E-state index is 0.610. The molecular weight excluding hydrogens is 550 g/mol. The van der Waals surface area contributed by atoms with Crippen LogP contribution in [0.15, 0.2) is 156 Å². The Labute approximate surface area is 259 Å². The number of hydrogen-bond acceptors (Lipinski definition) is 4. The number of furan rings is 1. The molecule has 7 aromatic carbocycles. The third kappa shape index (κ3) is 4.43. The molecule has 0 saturated carbocycles. The van der Waals surface area contributed by atoms with Crippen molar-refractivity contribution in [2.75, 3.05) is 0 Å². The Kier molecular flexibility index (Phi) is 5.78. The van der Waals surface area contributed by atoms with Crippen LogP contribution < -0.4 is 0 Å². The third-order valence-electron chi connectivity index (χ3n) is 8.49. The highest BCUT2D eigenvalue weighted by atomic mass is 16.3. The van der Waals surface area contributed by atoms with Crippen LogP contribution in [0.25, 0.3) is 88.8 Å². The van der Waals surface area contributed by atoms with Crippen molar-refractivity contribution in [2.45, 2.75) is 0 Å². The van der Waals surface area contributed by atoms with Crippen LogP contribution in [0.2, 0.25) is 0 Å². The van der Waals surface area contributed by atoms with Gasteiger partial charge in [0.05, 0.1) is 0 Å². The van der Waals surface area contributed by atoms with Crippen molar-refractivity contribution < 1.29 is 4.42 Å². The van der Waals surface area contributed by atoms with Crippen LogP contribution in [0.3, 0.4) is 0 Å². The molecule has 9 rings (SSSR count). The van der Waals surface area contributed by atoms with Crippen LogP contribution in [0.4, 0.5) is 0 Å². The molecule has 0 spiro atoms. The summed E-state index contributed by atoms with van der Waals surface area (Å²) < 4.78 is 6.22. The fourth-order valence-corrected chi connectivity index (χ4v) is 6.24. The second-order valence-corrected chi connectivity index (χ2v) is 11.3. The molecule has 4 nitrogen and oxygen atoms in total. The van der Waals surface area contributed by atoms with Crippen molar-refractivity contribution in [3.63, 3.8) is 0 Å². The monoisotopic (exact) mass is 575 g/mol. The molecule has 4 heteroatoms. The predicted octanol–water partition coefficient (Wildman–Crippen LogP) is 10.7. The van der Waals surface area contributed by atoms with Gasteiger partial charge in [-0.15, -0.1) is 0 Å². The molecular formula is C41H25N3O. The molecule has 0 bridgehead atoms. The summed E-state index contributed by atoms with van der Waals surface area (Å²) in [5.74, 6) is 1.86. The van der Waals surface area contributed by atoms with E-state index in [9.17, 15) is 0 Å². The van der Waals surface area contributed by atoms with E-state index in [1.165, 1.54) is 16.5 Å². The summed E-state index contributed by atoms with van der Waals surface area (Å²) in [5, 5.41) is 6.65. The minimum atomic E-state index is 0.610. The second kappa shape index (κ2) is 10.2. The highest BCUT2D eigenvalue weighted by Crippen LogP contribution is 2.37. The van der Waals surface area contributed by atoms with E-state index < -0.39 is 0 Å². The van der Waals surface area contributed by atoms with Gasteiger partial charge in [0.25, 0.3) is 0 Å². The molecule has 0 unspecified atom stereocenters. The average Bonchev–Trinajstić information content (AvgIpc) is 3.50. The van der Waals surface area contributed by atoms with Gasteiger partial charge in [0.2, 0.25) is 0 Å². The van der Waals surface area contributed by atoms with E-state index in [4.69, 9.17) is 19.4 Å². The summed E-state index contributed by atoms with van der Waals surface area (Å²) in [4.78, 5) is 15.3. The van der Waals surface area contributed by atoms with Crippen molar-refractivity contribution in [1.29, 1.82) is 0 Å². The van der Waals surface area contributed by atoms with Crippen molar-refractivity contribution in [3.05, 3.63) is 152 Å². The molecule has 0 aliphatic heterocycles. The third-order valence-corrected chi connectivity index (χ3v) is 8.49. The van der Waals surface area contributed by atoms with Crippen LogP contribution in [0.5, 0.6) is 0 Å². The molecule has 0 amide bonds. The summed E-state index contributed by atoms with van der Waals surface area (Å²) in [7, 11) is 0. The van der Waals surface area contributed by atoms with Gasteiger partial charge in [-0.1, -0.05) is 121 Å². The zero-order valence-corrected chi connectivity index (χ0v) is 24.2. The Bertz CT molecular complexity index is 2550. The largest absolute Gasteiger partial charge is 0.456 e. The first-order valence-corrected chi connectivity index (χ1v) is 15.0. The Morgan fingerprint density at radius 2 is 0.933 bits per heavy atom. The Balaban J connectivity index is 1.27. The van der Waals surface area contributed by atoms with Crippen LogP contribution in [-0.4, -0.2) is 15.0 Å². The van der Waals surface area contributed by atoms with Gasteiger partial charge in [-0.05, 0) is 63.0 Å². The lowest BCUT2D eigenvalue weighted by Crippen LogP contribution is -2.00. The van der Waals surface area contributed by atoms with Gasteiger partial charge in [-0.25, -0.2) is 15.0 Å². The zero-order valence-electron chi connectivity index (χ0n) is 24.2. The summed E-state index contributed by atoms with van der Waals surface area (Å²) in [6, 6.07) is 52.4. The first-order valence-electron chi connectivity index (χ1n) is 15.0. The Hall–Kier alpha value is -6.13. The molecule has 210 valence electrons. The van der Waals surface area contributed by atoms with Gasteiger partial charge in [0, 0.05) is 27.5 Å². The van der Waals surface area contributed by atoms with Gasteiger partial charge in [-0.3, -0.25) is 0 Å². The number of benzene rings is 7. The van der Waals surface area contributed by atoms with E-state index in [-0.39, 0.29) is 0 Å². The standard InChI is InChI=1S/C41H25N3O/c1-2-9-26(10-3-1)30-20-17-28-19-22-32(25-33(28)24-30)40-42-39(31-21-18-27-11-4-5-12-29(27)23-31)43-41(44-40)35-14-8-16-37-38(35)34-13-6-7-15-36(34)45-37/h1-25H. The van der Waals surface area contributed by atoms with Crippen LogP contribution in [0.1, 0.15) is 0 Å². The van der Waals surface area contributed by atoms with Crippen molar-refractivity contribution in [1.82, 2.24) is 15.0 Å². The van der Waals surface area contributed by atoms with E-state index in [0.717, 1.165) is 54.8 Å². The van der Waals surface area contributed by atoms with E-state index in [2.05, 4.69) is 115 Å². The molecule has 9 aromatic rings. The van der Waals surface area contributed by atoms with Crippen molar-refractivity contribution in [3.8, 4) is 45.3 Å². The lowest BCUT2D eigenvalue weighted by atomic mass is 9.99. The summed E-state index contributed by atoms with van der Waals surface area (Å²) in [6.45, 7) is 0. The average molecular weight is 576 g/mol. The van der Waals surface area contributed by atoms with Gasteiger partial charge < -0.3 is 4.42 Å². The van der Waals surface area contributed by atoms with E-state index in [1.54, 1.807) is 0 Å². The molecule has 45 heavy (non-hydrogen) atoms. The molecule has 0 fully saturated rings. The van der Waals surface area contributed by atoms with Crippen LogP contribution >= 0.6 is 0 Å². The van der Waals surface area contributed by atoms with Gasteiger partial charge >= 0.3 is 0 Å². The number of para-hydroxylation sites is 1. The lowest BCUT2D eigenvalue weighted by molar-refractivity contribution is 0.669. The molecule has 0 N–H and O–H groups in total. The topological polar surface area (TPSA) is 51.8 Å². The maximum Gasteiger partial charge on any atom is 0.164 e. The maximum absolute atomic E-state index is 6.22. The number of hydrogen-bond donors (Lipinski definition) is 0. The Morgan fingerprint density at radius 1 is 0.356 bits per heavy atom. The quantitative estimate of drug-likeness (QED) is 0.209. The number of rotatable bonds is 4. The fraction of sp³-hybridized carbons (Fsp3) is 0. The molecule has 0 radical (unpaired) electrons. The minimum Gasteiger partial charge on any atom is -0.456 e. The highest BCUT2D eigenvalue weighted by molar-refractivity contribution is 6.11. The van der Waals surface area contributed by atoms with Crippen molar-refractivity contribution >= 4 is 43.5 Å². The van der Waals surface area contributed by atoms with Gasteiger partial charge in [0.1, 0.15) is 11.2 Å². The Morgan fingerprint density at radius 3 is 1.73 bits per heavy atom. The number of aromatic nitrogens is 3. The second-order valence-electron chi connectivity index (χ2n) is 11.3. The number of nitrogens with zero attached hydrogens (tertiary/aromatic N) is 3. The van der Waals surface area contributed by atoms with E-state index >= 15 is 0 Å². The molecule has 2 aromatic heterocycles. The lowest BCUT2D eigenvalue weighted by Gasteiger charge is -2.11. The molecule has 0 aliphatic carbocycles. The van der Waals surface area contributed by atoms with Gasteiger partial charge in [0.15, 0.2) is 17.5 Å². The zero-order chi connectivity index (χ0) is 29.7. The highest BCUT2D eigenvalue weighted by Gasteiger charge is 2.18. The van der Waals surface area contributed by atoms with Crippen LogP contribution in [-0.2, 0) is 0 Å².